The lowest BCUT2D eigenvalue weighted by atomic mass is 10.2. The third-order valence-electron chi connectivity index (χ3n) is 3.98. The van der Waals surface area contributed by atoms with Crippen molar-refractivity contribution in [2.75, 3.05) is 31.1 Å². The highest BCUT2D eigenvalue weighted by Gasteiger charge is 2.20. The Labute approximate surface area is 135 Å². The van der Waals surface area contributed by atoms with Crippen molar-refractivity contribution in [3.8, 4) is 10.4 Å². The van der Waals surface area contributed by atoms with Gasteiger partial charge in [-0.25, -0.2) is 4.98 Å². The van der Waals surface area contributed by atoms with Gasteiger partial charge in [-0.1, -0.05) is 6.07 Å². The van der Waals surface area contributed by atoms with Crippen LogP contribution in [-0.4, -0.2) is 35.7 Å². The molecule has 0 aliphatic carbocycles. The smallest absolute Gasteiger partial charge is 0.264 e. The van der Waals surface area contributed by atoms with Gasteiger partial charge in [0.15, 0.2) is 0 Å². The molecule has 1 aliphatic rings. The van der Waals surface area contributed by atoms with Crippen LogP contribution in [0.2, 0.25) is 0 Å². The second kappa shape index (κ2) is 5.49. The van der Waals surface area contributed by atoms with Crippen LogP contribution < -0.4 is 15.8 Å². The lowest BCUT2D eigenvalue weighted by molar-refractivity contribution is 0.570. The van der Waals surface area contributed by atoms with Crippen LogP contribution in [0.4, 0.5) is 5.95 Å². The fourth-order valence-corrected chi connectivity index (χ4v) is 4.57. The minimum absolute atomic E-state index is 0.0446. The molecule has 0 spiro atoms. The van der Waals surface area contributed by atoms with E-state index >= 15 is 0 Å². The van der Waals surface area contributed by atoms with Gasteiger partial charge in [-0.05, 0) is 11.4 Å². The molecular weight excluding hydrogens is 316 g/mol. The van der Waals surface area contributed by atoms with Crippen LogP contribution in [0.1, 0.15) is 0 Å². The van der Waals surface area contributed by atoms with E-state index in [4.69, 9.17) is 4.98 Å². The van der Waals surface area contributed by atoms with E-state index in [1.165, 1.54) is 0 Å². The zero-order valence-electron chi connectivity index (χ0n) is 12.2. The molecule has 0 bridgehead atoms. The number of anilines is 1. The predicted molar refractivity (Wildman–Crippen MR) is 93.3 cm³/mol. The molecule has 0 amide bonds. The fourth-order valence-electron chi connectivity index (χ4n) is 2.82. The standard InChI is InChI=1S/C15H16N4OS2/c1-18-14(20)12-10(11-3-2-8-21-11)9-22-13(12)17-15(18)19-6-4-16-5-7-19/h2-3,8-9,16H,4-7H2,1H3. The Kier molecular flexibility index (Phi) is 3.48. The second-order valence-corrected chi connectivity index (χ2v) is 7.13. The highest BCUT2D eigenvalue weighted by atomic mass is 32.1. The first kappa shape index (κ1) is 13.9. The topological polar surface area (TPSA) is 50.2 Å². The molecule has 1 N–H and O–H groups in total. The summed E-state index contributed by atoms with van der Waals surface area (Å²) in [5, 5.41) is 8.15. The molecule has 1 saturated heterocycles. The van der Waals surface area contributed by atoms with E-state index < -0.39 is 0 Å². The minimum Gasteiger partial charge on any atom is -0.340 e. The number of aromatic nitrogens is 2. The number of fused-ring (bicyclic) bond motifs is 1. The Hall–Kier alpha value is -1.70. The van der Waals surface area contributed by atoms with E-state index in [1.807, 2.05) is 23.9 Å². The Balaban J connectivity index is 1.90. The van der Waals surface area contributed by atoms with Gasteiger partial charge in [0, 0.05) is 49.0 Å². The summed E-state index contributed by atoms with van der Waals surface area (Å²) < 4.78 is 1.69. The molecule has 22 heavy (non-hydrogen) atoms. The van der Waals surface area contributed by atoms with E-state index in [9.17, 15) is 4.79 Å². The molecule has 1 fully saturated rings. The maximum Gasteiger partial charge on any atom is 0.264 e. The van der Waals surface area contributed by atoms with Gasteiger partial charge in [-0.2, -0.15) is 0 Å². The number of hydrogen-bond acceptors (Lipinski definition) is 6. The molecule has 1 aliphatic heterocycles. The molecule has 0 aromatic carbocycles. The van der Waals surface area contributed by atoms with Gasteiger partial charge in [-0.3, -0.25) is 9.36 Å². The number of nitrogens with one attached hydrogen (secondary N) is 1. The van der Waals surface area contributed by atoms with E-state index in [-0.39, 0.29) is 5.56 Å². The Morgan fingerprint density at radius 3 is 2.82 bits per heavy atom. The Morgan fingerprint density at radius 2 is 2.09 bits per heavy atom. The molecule has 4 rings (SSSR count). The first-order valence-electron chi connectivity index (χ1n) is 7.23. The maximum atomic E-state index is 12.9. The highest BCUT2D eigenvalue weighted by Crippen LogP contribution is 2.34. The first-order valence-corrected chi connectivity index (χ1v) is 8.99. The van der Waals surface area contributed by atoms with Crippen molar-refractivity contribution in [3.05, 3.63) is 33.2 Å². The van der Waals surface area contributed by atoms with Crippen LogP contribution in [0, 0.1) is 0 Å². The number of hydrogen-bond donors (Lipinski definition) is 1. The zero-order chi connectivity index (χ0) is 15.1. The van der Waals surface area contributed by atoms with Crippen molar-refractivity contribution in [2.45, 2.75) is 0 Å². The molecular formula is C15H16N4OS2. The number of piperazine rings is 1. The van der Waals surface area contributed by atoms with Crippen LogP contribution in [0.25, 0.3) is 20.7 Å². The summed E-state index contributed by atoms with van der Waals surface area (Å²) in [6, 6.07) is 4.06. The van der Waals surface area contributed by atoms with Gasteiger partial charge in [-0.15, -0.1) is 22.7 Å². The van der Waals surface area contributed by atoms with Gasteiger partial charge < -0.3 is 10.2 Å². The van der Waals surface area contributed by atoms with Crippen molar-refractivity contribution in [1.82, 2.24) is 14.9 Å². The lowest BCUT2D eigenvalue weighted by Gasteiger charge is -2.29. The number of rotatable bonds is 2. The number of thiophene rings is 2. The number of nitrogens with zero attached hydrogens (tertiary/aromatic N) is 3. The SMILES string of the molecule is Cn1c(N2CCNCC2)nc2scc(-c3cccs3)c2c1=O. The van der Waals surface area contributed by atoms with E-state index in [1.54, 1.807) is 27.2 Å². The summed E-state index contributed by atoms with van der Waals surface area (Å²) in [7, 11) is 1.82. The van der Waals surface area contributed by atoms with Crippen molar-refractivity contribution in [3.63, 3.8) is 0 Å². The second-order valence-electron chi connectivity index (χ2n) is 5.32. The molecule has 3 aromatic heterocycles. The lowest BCUT2D eigenvalue weighted by Crippen LogP contribution is -2.45. The molecule has 0 saturated carbocycles. The molecule has 7 heteroatoms. The van der Waals surface area contributed by atoms with E-state index in [0.717, 1.165) is 52.8 Å². The van der Waals surface area contributed by atoms with E-state index in [2.05, 4.69) is 16.3 Å². The maximum absolute atomic E-state index is 12.9. The van der Waals surface area contributed by atoms with Crippen LogP contribution >= 0.6 is 22.7 Å². The quantitative estimate of drug-likeness (QED) is 0.781. The third-order valence-corrected chi connectivity index (χ3v) is 5.75. The fraction of sp³-hybridized carbons (Fsp3) is 0.333. The Morgan fingerprint density at radius 1 is 1.27 bits per heavy atom. The highest BCUT2D eigenvalue weighted by molar-refractivity contribution is 7.18. The zero-order valence-corrected chi connectivity index (χ0v) is 13.8. The average Bonchev–Trinajstić information content (AvgIpc) is 3.20. The summed E-state index contributed by atoms with van der Waals surface area (Å²) in [6.45, 7) is 3.63. The molecule has 114 valence electrons. The largest absolute Gasteiger partial charge is 0.340 e. The first-order chi connectivity index (χ1) is 10.8. The van der Waals surface area contributed by atoms with E-state index in [0.29, 0.717) is 0 Å². The van der Waals surface area contributed by atoms with Gasteiger partial charge in [0.05, 0.1) is 5.39 Å². The predicted octanol–water partition coefficient (Wildman–Crippen LogP) is 2.13. The summed E-state index contributed by atoms with van der Waals surface area (Å²) in [5.74, 6) is 0.776. The molecule has 3 aromatic rings. The van der Waals surface area contributed by atoms with Crippen molar-refractivity contribution in [1.29, 1.82) is 0 Å². The molecule has 5 nitrogen and oxygen atoms in total. The third kappa shape index (κ3) is 2.16. The molecule has 4 heterocycles. The van der Waals surface area contributed by atoms with Gasteiger partial charge in [0.1, 0.15) is 4.83 Å². The summed E-state index contributed by atoms with van der Waals surface area (Å²) in [6.07, 6.45) is 0. The van der Waals surface area contributed by atoms with Gasteiger partial charge in [0.25, 0.3) is 5.56 Å². The van der Waals surface area contributed by atoms with Gasteiger partial charge in [0.2, 0.25) is 5.95 Å². The molecule has 0 unspecified atom stereocenters. The summed E-state index contributed by atoms with van der Waals surface area (Å²) in [5.41, 5.74) is 1.05. The normalized spacial score (nSPS) is 15.6. The van der Waals surface area contributed by atoms with Crippen LogP contribution in [0.5, 0.6) is 0 Å². The van der Waals surface area contributed by atoms with Crippen LogP contribution in [0.15, 0.2) is 27.7 Å². The monoisotopic (exact) mass is 332 g/mol. The summed E-state index contributed by atoms with van der Waals surface area (Å²) in [4.78, 5) is 21.8. The average molecular weight is 332 g/mol. The van der Waals surface area contributed by atoms with Gasteiger partial charge >= 0.3 is 0 Å². The molecule has 0 radical (unpaired) electrons. The van der Waals surface area contributed by atoms with Crippen molar-refractivity contribution < 1.29 is 0 Å². The van der Waals surface area contributed by atoms with Crippen LogP contribution in [-0.2, 0) is 7.05 Å². The minimum atomic E-state index is 0.0446. The van der Waals surface area contributed by atoms with Crippen molar-refractivity contribution >= 4 is 38.8 Å². The molecule has 0 atom stereocenters. The Bertz CT molecular complexity index is 860. The van der Waals surface area contributed by atoms with Crippen LogP contribution in [0.3, 0.4) is 0 Å². The summed E-state index contributed by atoms with van der Waals surface area (Å²) >= 11 is 3.21. The van der Waals surface area contributed by atoms with Crippen molar-refractivity contribution in [2.24, 2.45) is 7.05 Å².